The van der Waals surface area contributed by atoms with Crippen LogP contribution in [0.3, 0.4) is 0 Å². The summed E-state index contributed by atoms with van der Waals surface area (Å²) in [4.78, 5) is 37.1. The monoisotopic (exact) mass is 660 g/mol. The topological polar surface area (TPSA) is 240 Å². The average molecular weight is 661 g/mol. The van der Waals surface area contributed by atoms with Gasteiger partial charge in [-0.15, -0.1) is 0 Å². The minimum atomic E-state index is -4.06. The fraction of sp³-hybridized carbons (Fsp3) is 0.625. The first kappa shape index (κ1) is 33.7. The zero-order valence-electron chi connectivity index (χ0n) is 25.2. The van der Waals surface area contributed by atoms with E-state index in [2.05, 4.69) is 20.0 Å². The number of aliphatic hydroxyl groups excluding tert-OH is 1. The first-order chi connectivity index (χ1) is 20.5. The molecule has 244 valence electrons. The highest BCUT2D eigenvalue weighted by Crippen LogP contribution is 2.58. The van der Waals surface area contributed by atoms with Crippen molar-refractivity contribution in [3.05, 3.63) is 22.5 Å². The number of nitrogen functional groups attached to an aromatic ring is 1. The Morgan fingerprint density at radius 2 is 1.98 bits per heavy atom. The third-order valence-corrected chi connectivity index (χ3v) is 11.0. The number of rotatable bonds is 12. The number of nitrogens with zero attached hydrogens (tertiary/aromatic N) is 6. The molecule has 6 atom stereocenters. The van der Waals surface area contributed by atoms with E-state index in [-0.39, 0.29) is 40.3 Å². The summed E-state index contributed by atoms with van der Waals surface area (Å²) in [5.41, 5.74) is 3.96. The van der Waals surface area contributed by atoms with Gasteiger partial charge < -0.3 is 39.8 Å². The van der Waals surface area contributed by atoms with Gasteiger partial charge in [0.2, 0.25) is 17.7 Å². The minimum absolute atomic E-state index is 0.0976. The van der Waals surface area contributed by atoms with E-state index in [0.717, 1.165) is 4.57 Å². The summed E-state index contributed by atoms with van der Waals surface area (Å²) in [5, 5.41) is 35.4. The largest absolute Gasteiger partial charge is 0.493 e. The van der Waals surface area contributed by atoms with Gasteiger partial charge in [-0.1, -0.05) is 0 Å². The maximum Gasteiger partial charge on any atom is 0.330 e. The number of imidazole rings is 2. The van der Waals surface area contributed by atoms with Crippen molar-refractivity contribution in [1.29, 1.82) is 0 Å². The number of nitrogens with two attached hydrogens (primary N) is 1. The van der Waals surface area contributed by atoms with Crippen molar-refractivity contribution >= 4 is 41.2 Å². The van der Waals surface area contributed by atoms with Crippen molar-refractivity contribution in [3.8, 4) is 11.8 Å². The Bertz CT molecular complexity index is 1640. The molecule has 0 radical (unpaired) electrons. The van der Waals surface area contributed by atoms with E-state index in [9.17, 15) is 29.5 Å². The Morgan fingerprint density at radius 3 is 2.57 bits per heavy atom. The molecule has 1 aliphatic heterocycles. The molecule has 3 aromatic heterocycles. The lowest BCUT2D eigenvalue weighted by atomic mass is 9.96. The van der Waals surface area contributed by atoms with Crippen molar-refractivity contribution in [2.45, 2.75) is 69.6 Å². The van der Waals surface area contributed by atoms with E-state index in [1.165, 1.54) is 50.5 Å². The molecule has 0 aliphatic carbocycles. The molecule has 1 fully saturated rings. The van der Waals surface area contributed by atoms with Crippen molar-refractivity contribution in [2.24, 2.45) is 14.1 Å². The van der Waals surface area contributed by atoms with Crippen LogP contribution < -0.4 is 21.2 Å². The van der Waals surface area contributed by atoms with E-state index in [1.807, 2.05) is 0 Å². The molecule has 0 aromatic carbocycles. The summed E-state index contributed by atoms with van der Waals surface area (Å²) in [6.07, 6.45) is -3.14. The zero-order valence-corrected chi connectivity index (χ0v) is 26.9. The Hall–Kier alpha value is -3.19. The molecule has 18 nitrogen and oxygen atoms in total. The Morgan fingerprint density at radius 1 is 1.30 bits per heavy atom. The highest BCUT2D eigenvalue weighted by molar-refractivity contribution is 8.55. The van der Waals surface area contributed by atoms with Crippen LogP contribution in [0, 0.1) is 0 Å². The van der Waals surface area contributed by atoms with Gasteiger partial charge in [-0.2, -0.15) is 9.97 Å². The fourth-order valence-electron chi connectivity index (χ4n) is 4.59. The number of aromatic nitrogens is 6. The number of hydrogen-bond acceptors (Lipinski definition) is 15. The number of hydrogen-bond donors (Lipinski definition) is 5. The van der Waals surface area contributed by atoms with E-state index < -0.39 is 61.2 Å². The second-order valence-electron chi connectivity index (χ2n) is 10.7. The number of nitrogens with one attached hydrogen (secondary N) is 1. The van der Waals surface area contributed by atoms with Gasteiger partial charge in [0.25, 0.3) is 0 Å². The predicted octanol–water partition coefficient (Wildman–Crippen LogP) is 0.157. The number of aliphatic hydroxyl groups is 2. The third-order valence-electron chi connectivity index (χ3n) is 7.00. The lowest BCUT2D eigenvalue weighted by molar-refractivity contribution is -0.149. The number of methoxy groups -OCH3 is 1. The maximum atomic E-state index is 14.1. The van der Waals surface area contributed by atoms with Crippen LogP contribution in [0.25, 0.3) is 11.2 Å². The standard InChI is InChI=1S/C24H37N8O10PS/c1-11(2)41-20(35)12(3)29-43(38,44-9-13-19(34)31(6)23(36)30(13)5)40-8-14-16(33)24(4,37)21(42-14)32-10-26-15-17(32)27-22(25)28-18(15)39-7/h10-12,14,16,21,33-34,37H,8-9H2,1-7H3,(H,29,38)(H2,25,27,28). The lowest BCUT2D eigenvalue weighted by Gasteiger charge is -2.27. The Balaban J connectivity index is 1.58. The number of carbonyl (C=O) groups is 1. The highest BCUT2D eigenvalue weighted by atomic mass is 32.7. The summed E-state index contributed by atoms with van der Waals surface area (Å²) >= 11 is 0.704. The third kappa shape index (κ3) is 6.44. The molecule has 1 saturated heterocycles. The van der Waals surface area contributed by atoms with Crippen LogP contribution >= 0.6 is 18.1 Å². The molecule has 20 heteroatoms. The number of aromatic hydroxyl groups is 1. The van der Waals surface area contributed by atoms with Crippen LogP contribution in [0.1, 0.15) is 39.6 Å². The highest BCUT2D eigenvalue weighted by Gasteiger charge is 2.54. The zero-order chi connectivity index (χ0) is 32.7. The van der Waals surface area contributed by atoms with Crippen molar-refractivity contribution in [2.75, 3.05) is 19.5 Å². The second-order valence-corrected chi connectivity index (χ2v) is 15.0. The molecule has 6 unspecified atom stereocenters. The minimum Gasteiger partial charge on any atom is -0.493 e. The molecule has 0 amide bonds. The summed E-state index contributed by atoms with van der Waals surface area (Å²) in [6, 6.07) is -1.09. The van der Waals surface area contributed by atoms with Crippen molar-refractivity contribution in [1.82, 2.24) is 33.7 Å². The maximum absolute atomic E-state index is 14.1. The van der Waals surface area contributed by atoms with Gasteiger partial charge in [0.15, 0.2) is 17.4 Å². The van der Waals surface area contributed by atoms with Crippen LogP contribution in [0.4, 0.5) is 5.95 Å². The number of carbonyl (C=O) groups excluding carboxylic acids is 1. The molecule has 4 rings (SSSR count). The molecule has 44 heavy (non-hydrogen) atoms. The van der Waals surface area contributed by atoms with E-state index in [0.29, 0.717) is 11.4 Å². The smallest absolute Gasteiger partial charge is 0.330 e. The van der Waals surface area contributed by atoms with Gasteiger partial charge in [-0.25, -0.2) is 14.9 Å². The van der Waals surface area contributed by atoms with Crippen LogP contribution in [0.2, 0.25) is 0 Å². The van der Waals surface area contributed by atoms with Crippen LogP contribution in [0.15, 0.2) is 11.1 Å². The normalized spacial score (nSPS) is 24.1. The van der Waals surface area contributed by atoms with Crippen LogP contribution in [-0.2, 0) is 43.2 Å². The summed E-state index contributed by atoms with van der Waals surface area (Å²) in [7, 11) is 4.20. The molecule has 0 saturated carbocycles. The van der Waals surface area contributed by atoms with Crippen LogP contribution in [0.5, 0.6) is 11.8 Å². The molecular formula is C24H37N8O10PS. The molecule has 4 heterocycles. The number of anilines is 1. The van der Waals surface area contributed by atoms with Crippen molar-refractivity contribution < 1.29 is 43.4 Å². The number of ether oxygens (including phenoxy) is 3. The Labute approximate surface area is 255 Å². The van der Waals surface area contributed by atoms with Crippen LogP contribution in [-0.4, -0.2) is 93.6 Å². The first-order valence-corrected chi connectivity index (χ1v) is 16.6. The quantitative estimate of drug-likeness (QED) is 0.128. The Kier molecular flexibility index (Phi) is 9.70. The van der Waals surface area contributed by atoms with E-state index in [1.54, 1.807) is 13.8 Å². The van der Waals surface area contributed by atoms with Gasteiger partial charge in [-0.3, -0.25) is 23.1 Å². The van der Waals surface area contributed by atoms with E-state index in [4.69, 9.17) is 24.5 Å². The van der Waals surface area contributed by atoms with Gasteiger partial charge in [0.05, 0.1) is 31.8 Å². The SMILES string of the molecule is COc1nc(N)nc2c1ncn2C1OC(COP(=O)(NC(C)C(=O)OC(C)C)SCc2c(O)n(C)c(=O)n2C)C(O)C1(C)O. The van der Waals surface area contributed by atoms with E-state index >= 15 is 0 Å². The fourth-order valence-corrected chi connectivity index (χ4v) is 8.33. The molecule has 3 aromatic rings. The van der Waals surface area contributed by atoms with Gasteiger partial charge in [0, 0.05) is 19.8 Å². The summed E-state index contributed by atoms with van der Waals surface area (Å²) < 4.78 is 39.9. The van der Waals surface area contributed by atoms with Gasteiger partial charge in [0.1, 0.15) is 23.9 Å². The summed E-state index contributed by atoms with van der Waals surface area (Å²) in [5.74, 6) is -1.20. The van der Waals surface area contributed by atoms with Gasteiger partial charge in [-0.05, 0) is 39.1 Å². The second kappa shape index (κ2) is 12.7. The van der Waals surface area contributed by atoms with Gasteiger partial charge >= 0.3 is 18.4 Å². The first-order valence-electron chi connectivity index (χ1n) is 13.4. The summed E-state index contributed by atoms with van der Waals surface area (Å²) in [6.45, 7) is 1.53. The molecule has 0 spiro atoms. The average Bonchev–Trinajstić information content (AvgIpc) is 3.52. The predicted molar refractivity (Wildman–Crippen MR) is 158 cm³/mol. The van der Waals surface area contributed by atoms with Crippen molar-refractivity contribution in [3.63, 3.8) is 0 Å². The molecule has 0 bridgehead atoms. The molecule has 1 aliphatic rings. The molecular weight excluding hydrogens is 623 g/mol. The number of fused-ring (bicyclic) bond motifs is 1. The lowest BCUT2D eigenvalue weighted by Crippen LogP contribution is -2.44. The molecule has 6 N–H and O–H groups in total. The number of esters is 1.